The molecule has 7 heteroatoms. The molecule has 0 amide bonds. The lowest BCUT2D eigenvalue weighted by molar-refractivity contribution is 0.469. The van der Waals surface area contributed by atoms with Crippen molar-refractivity contribution in [3.63, 3.8) is 0 Å². The maximum Gasteiger partial charge on any atom is 0.178 e. The first kappa shape index (κ1) is 14.6. The topological polar surface area (TPSA) is 75.5 Å². The van der Waals surface area contributed by atoms with Gasteiger partial charge >= 0.3 is 0 Å². The van der Waals surface area contributed by atoms with E-state index in [9.17, 15) is 0 Å². The van der Waals surface area contributed by atoms with Crippen molar-refractivity contribution in [1.82, 2.24) is 29.7 Å². The summed E-state index contributed by atoms with van der Waals surface area (Å²) in [5.74, 6) is 2.74. The highest BCUT2D eigenvalue weighted by molar-refractivity contribution is 5.65. The van der Waals surface area contributed by atoms with Crippen LogP contribution in [0, 0.1) is 0 Å². The third-order valence-electron chi connectivity index (χ3n) is 5.41. The van der Waals surface area contributed by atoms with Crippen LogP contribution in [-0.2, 0) is 0 Å². The first-order valence-corrected chi connectivity index (χ1v) is 9.06. The molecular weight excluding hydrogens is 314 g/mol. The van der Waals surface area contributed by atoms with Gasteiger partial charge in [0.25, 0.3) is 0 Å². The van der Waals surface area contributed by atoms with Crippen molar-refractivity contribution in [1.29, 1.82) is 0 Å². The number of nitrogens with zero attached hydrogens (tertiary/aromatic N) is 6. The fourth-order valence-corrected chi connectivity index (χ4v) is 4.24. The van der Waals surface area contributed by atoms with Crippen molar-refractivity contribution in [2.45, 2.75) is 51.1 Å². The quantitative estimate of drug-likeness (QED) is 0.795. The Labute approximate surface area is 146 Å². The molecule has 4 heterocycles. The lowest BCUT2D eigenvalue weighted by atomic mass is 10.0. The van der Waals surface area contributed by atoms with Crippen LogP contribution in [0.15, 0.2) is 30.9 Å². The van der Waals surface area contributed by atoms with E-state index in [0.29, 0.717) is 6.04 Å². The van der Waals surface area contributed by atoms with Crippen LogP contribution in [0.5, 0.6) is 0 Å². The number of aromatic nitrogens is 6. The number of H-pyrrole nitrogens is 1. The summed E-state index contributed by atoms with van der Waals surface area (Å²) in [6.45, 7) is 2.21. The predicted molar refractivity (Wildman–Crippen MR) is 94.5 cm³/mol. The molecule has 25 heavy (non-hydrogen) atoms. The van der Waals surface area contributed by atoms with Crippen LogP contribution in [-0.4, -0.2) is 35.8 Å². The Morgan fingerprint density at radius 3 is 2.92 bits per heavy atom. The average Bonchev–Trinajstić information content (AvgIpc) is 3.42. The Morgan fingerprint density at radius 1 is 1.28 bits per heavy atom. The molecule has 1 N–H and O–H groups in total. The first-order valence-electron chi connectivity index (χ1n) is 9.06. The van der Waals surface area contributed by atoms with Crippen LogP contribution in [0.25, 0.3) is 17.2 Å². The Balaban J connectivity index is 1.70. The Hall–Kier alpha value is -2.70. The van der Waals surface area contributed by atoms with Gasteiger partial charge in [-0.3, -0.25) is 4.57 Å². The van der Waals surface area contributed by atoms with Gasteiger partial charge in [-0.25, -0.2) is 9.97 Å². The maximum atomic E-state index is 4.97. The van der Waals surface area contributed by atoms with Crippen molar-refractivity contribution in [3.8, 4) is 17.2 Å². The zero-order valence-corrected chi connectivity index (χ0v) is 14.3. The molecule has 1 aliphatic heterocycles. The summed E-state index contributed by atoms with van der Waals surface area (Å²) in [7, 11) is 0. The number of rotatable bonds is 3. The molecular formula is C18H21N7. The fourth-order valence-electron chi connectivity index (χ4n) is 4.24. The monoisotopic (exact) mass is 335 g/mol. The van der Waals surface area contributed by atoms with E-state index in [1.807, 2.05) is 29.1 Å². The molecule has 0 spiro atoms. The third-order valence-corrected chi connectivity index (χ3v) is 5.41. The van der Waals surface area contributed by atoms with E-state index in [4.69, 9.17) is 4.98 Å². The summed E-state index contributed by atoms with van der Waals surface area (Å²) in [4.78, 5) is 15.2. The second-order valence-electron chi connectivity index (χ2n) is 6.81. The summed E-state index contributed by atoms with van der Waals surface area (Å²) in [6.07, 6.45) is 11.6. The molecule has 1 fully saturated rings. The van der Waals surface area contributed by atoms with Crippen molar-refractivity contribution < 1.29 is 0 Å². The second-order valence-corrected chi connectivity index (χ2v) is 6.81. The van der Waals surface area contributed by atoms with Gasteiger partial charge in [-0.05, 0) is 31.4 Å². The SMILES string of the molecule is CCC1c2nncn2-c2cnc(-c3ccc[nH]3)nc2N1C1CCCC1. The van der Waals surface area contributed by atoms with Gasteiger partial charge in [0.2, 0.25) is 0 Å². The molecule has 5 rings (SSSR count). The number of fused-ring (bicyclic) bond motifs is 3. The molecule has 0 radical (unpaired) electrons. The van der Waals surface area contributed by atoms with Crippen molar-refractivity contribution >= 4 is 5.82 Å². The van der Waals surface area contributed by atoms with Crippen molar-refractivity contribution in [2.75, 3.05) is 4.90 Å². The maximum absolute atomic E-state index is 4.97. The molecule has 1 aliphatic carbocycles. The van der Waals surface area contributed by atoms with E-state index in [2.05, 4.69) is 32.0 Å². The van der Waals surface area contributed by atoms with Crippen LogP contribution in [0.1, 0.15) is 50.9 Å². The standard InChI is InChI=1S/C18H21N7/c1-2-14-18-23-21-11-24(18)15-10-20-16(13-8-5-9-19-13)22-17(15)25(14)12-6-3-4-7-12/h5,8-12,14,19H,2-4,6-7H2,1H3. The van der Waals surface area contributed by atoms with Crippen LogP contribution in [0.4, 0.5) is 5.82 Å². The number of nitrogens with one attached hydrogen (secondary N) is 1. The Kier molecular flexibility index (Phi) is 3.33. The van der Waals surface area contributed by atoms with Crippen molar-refractivity contribution in [3.05, 3.63) is 36.7 Å². The minimum Gasteiger partial charge on any atom is -0.359 e. The molecule has 128 valence electrons. The third kappa shape index (κ3) is 2.18. The van der Waals surface area contributed by atoms with Gasteiger partial charge in [0.1, 0.15) is 12.0 Å². The van der Waals surface area contributed by atoms with Crippen LogP contribution >= 0.6 is 0 Å². The lowest BCUT2D eigenvalue weighted by Crippen LogP contribution is -2.42. The number of hydrogen-bond acceptors (Lipinski definition) is 5. The molecule has 3 aromatic heterocycles. The van der Waals surface area contributed by atoms with E-state index in [-0.39, 0.29) is 6.04 Å². The number of hydrogen-bond donors (Lipinski definition) is 1. The number of aromatic amines is 1. The van der Waals surface area contributed by atoms with Gasteiger partial charge in [0.15, 0.2) is 17.5 Å². The van der Waals surface area contributed by atoms with Crippen LogP contribution in [0.2, 0.25) is 0 Å². The van der Waals surface area contributed by atoms with Crippen LogP contribution in [0.3, 0.4) is 0 Å². The largest absolute Gasteiger partial charge is 0.359 e. The van der Waals surface area contributed by atoms with Crippen molar-refractivity contribution in [2.24, 2.45) is 0 Å². The van der Waals surface area contributed by atoms with E-state index in [0.717, 1.165) is 35.3 Å². The molecule has 1 saturated carbocycles. The molecule has 0 bridgehead atoms. The van der Waals surface area contributed by atoms with Gasteiger partial charge < -0.3 is 9.88 Å². The van der Waals surface area contributed by atoms with Gasteiger partial charge in [-0.2, -0.15) is 0 Å². The summed E-state index contributed by atoms with van der Waals surface area (Å²) in [5, 5.41) is 8.57. The predicted octanol–water partition coefficient (Wildman–Crippen LogP) is 3.27. The van der Waals surface area contributed by atoms with E-state index >= 15 is 0 Å². The average molecular weight is 335 g/mol. The molecule has 2 aliphatic rings. The zero-order chi connectivity index (χ0) is 16.8. The minimum absolute atomic E-state index is 0.212. The van der Waals surface area contributed by atoms with E-state index in [1.165, 1.54) is 25.7 Å². The highest BCUT2D eigenvalue weighted by atomic mass is 15.4. The van der Waals surface area contributed by atoms with Gasteiger partial charge in [0, 0.05) is 12.2 Å². The van der Waals surface area contributed by atoms with Gasteiger partial charge in [0.05, 0.1) is 17.9 Å². The van der Waals surface area contributed by atoms with Gasteiger partial charge in [-0.1, -0.05) is 19.8 Å². The molecule has 0 aromatic carbocycles. The molecule has 3 aromatic rings. The lowest BCUT2D eigenvalue weighted by Gasteiger charge is -2.40. The smallest absolute Gasteiger partial charge is 0.178 e. The number of anilines is 1. The Bertz CT molecular complexity index is 877. The summed E-state index contributed by atoms with van der Waals surface area (Å²) >= 11 is 0. The molecule has 1 unspecified atom stereocenters. The van der Waals surface area contributed by atoms with Crippen LogP contribution < -0.4 is 4.90 Å². The van der Waals surface area contributed by atoms with E-state index in [1.54, 1.807) is 6.33 Å². The molecule has 1 atom stereocenters. The molecule has 7 nitrogen and oxygen atoms in total. The Morgan fingerprint density at radius 2 is 2.16 bits per heavy atom. The summed E-state index contributed by atoms with van der Waals surface area (Å²) < 4.78 is 2.05. The van der Waals surface area contributed by atoms with Gasteiger partial charge in [-0.15, -0.1) is 10.2 Å². The fraction of sp³-hybridized carbons (Fsp3) is 0.444. The molecule has 0 saturated heterocycles. The minimum atomic E-state index is 0.212. The van der Waals surface area contributed by atoms with E-state index < -0.39 is 0 Å². The summed E-state index contributed by atoms with van der Waals surface area (Å²) in [5.41, 5.74) is 1.92. The normalized spacial score (nSPS) is 19.9. The highest BCUT2D eigenvalue weighted by Gasteiger charge is 2.38. The highest BCUT2D eigenvalue weighted by Crippen LogP contribution is 2.42. The first-order chi connectivity index (χ1) is 12.4. The zero-order valence-electron chi connectivity index (χ0n) is 14.3. The second kappa shape index (κ2) is 5.68. The summed E-state index contributed by atoms with van der Waals surface area (Å²) in [6, 6.07) is 4.70.